The molecule has 0 spiro atoms. The fraction of sp³-hybridized carbons (Fsp3) is 0.444. The van der Waals surface area contributed by atoms with E-state index in [0.717, 1.165) is 18.2 Å². The van der Waals surface area contributed by atoms with E-state index >= 15 is 0 Å². The zero-order valence-electron chi connectivity index (χ0n) is 22.1. The van der Waals surface area contributed by atoms with Gasteiger partial charge >= 0.3 is 11.3 Å². The topological polar surface area (TPSA) is 271 Å². The summed E-state index contributed by atoms with van der Waals surface area (Å²) in [5.41, 5.74) is 0.0554. The Morgan fingerprint density at radius 1 is 0.628 bits per heavy atom. The summed E-state index contributed by atoms with van der Waals surface area (Å²) >= 11 is 0. The molecule has 2 aliphatic rings. The number of aliphatic hydroxyl groups excluding tert-OH is 8. The first-order chi connectivity index (χ1) is 20.4. The van der Waals surface area contributed by atoms with Gasteiger partial charge in [0.1, 0.15) is 65.7 Å². The van der Waals surface area contributed by atoms with Crippen molar-refractivity contribution in [1.29, 1.82) is 0 Å². The van der Waals surface area contributed by atoms with Gasteiger partial charge in [0.2, 0.25) is 18.3 Å². The molecule has 0 bridgehead atoms. The van der Waals surface area contributed by atoms with Crippen LogP contribution in [-0.2, 0) is 9.47 Å². The van der Waals surface area contributed by atoms with Gasteiger partial charge in [-0.25, -0.2) is 4.42 Å². The molecule has 3 heterocycles. The number of hydrogen-bond donors (Lipinski definition) is 11. The van der Waals surface area contributed by atoms with E-state index < -0.39 is 91.9 Å². The molecular weight excluding hydrogens is 580 g/mol. The van der Waals surface area contributed by atoms with Crippen LogP contribution in [0, 0.1) is 0 Å². The van der Waals surface area contributed by atoms with E-state index in [2.05, 4.69) is 0 Å². The second kappa shape index (κ2) is 12.2. The van der Waals surface area contributed by atoms with Crippen LogP contribution < -0.4 is 9.47 Å². The summed E-state index contributed by atoms with van der Waals surface area (Å²) in [6, 6.07) is 7.17. The van der Waals surface area contributed by atoms with E-state index in [4.69, 9.17) is 23.4 Å². The first kappa shape index (κ1) is 30.9. The Balaban J connectivity index is 1.61. The normalized spacial score (nSPS) is 32.9. The van der Waals surface area contributed by atoms with Crippen molar-refractivity contribution >= 4 is 11.0 Å². The minimum absolute atomic E-state index is 0.0427. The lowest BCUT2D eigenvalue weighted by atomic mass is 9.99. The standard InChI is InChI=1S/C27H30O16/c28-7-17-19(33)21(35)23(37)26(42-17)40-15-5-10(30)4-14-11(15)6-16(25(39-14)9-1-2-12(31)13(32)3-9)41-27-24(38)22(36)20(34)18(8-29)43-27/h1-6,17-24,26-29,33-38H,7-8H2,(H2-,30,31,32)/p+1/t17-,18-,19+,20+,21-,22+,23+,24+,26+,27+/m0/s1. The van der Waals surface area contributed by atoms with E-state index in [1.165, 1.54) is 18.2 Å². The Bertz CT molecular complexity index is 1450. The van der Waals surface area contributed by atoms with Crippen LogP contribution in [0.15, 0.2) is 40.8 Å². The van der Waals surface area contributed by atoms with Crippen LogP contribution in [0.4, 0.5) is 0 Å². The first-order valence-corrected chi connectivity index (χ1v) is 13.0. The van der Waals surface area contributed by atoms with E-state index in [9.17, 15) is 56.2 Å². The van der Waals surface area contributed by atoms with E-state index in [0.29, 0.717) is 0 Å². The Labute approximate surface area is 242 Å². The highest BCUT2D eigenvalue weighted by Crippen LogP contribution is 2.43. The fourth-order valence-corrected chi connectivity index (χ4v) is 4.80. The molecule has 0 aliphatic carbocycles. The van der Waals surface area contributed by atoms with Gasteiger partial charge in [0, 0.05) is 18.2 Å². The third kappa shape index (κ3) is 5.85. The molecule has 16 nitrogen and oxygen atoms in total. The summed E-state index contributed by atoms with van der Waals surface area (Å²) < 4.78 is 28.4. The lowest BCUT2D eigenvalue weighted by molar-refractivity contribution is -0.277. The van der Waals surface area contributed by atoms with Gasteiger partial charge in [-0.05, 0) is 12.1 Å². The zero-order chi connectivity index (χ0) is 31.2. The van der Waals surface area contributed by atoms with E-state index in [-0.39, 0.29) is 33.8 Å². The minimum Gasteiger partial charge on any atom is -0.507 e. The zero-order valence-corrected chi connectivity index (χ0v) is 22.1. The largest absolute Gasteiger partial charge is 0.507 e. The Hall–Kier alpha value is -3.55. The van der Waals surface area contributed by atoms with Crippen molar-refractivity contribution in [3.63, 3.8) is 0 Å². The molecule has 0 radical (unpaired) electrons. The molecule has 0 saturated carbocycles. The molecule has 2 saturated heterocycles. The molecule has 3 aromatic rings. The number of hydrogen-bond acceptors (Lipinski definition) is 15. The third-order valence-corrected chi connectivity index (χ3v) is 7.22. The van der Waals surface area contributed by atoms with Gasteiger partial charge < -0.3 is 75.1 Å². The van der Waals surface area contributed by atoms with Crippen LogP contribution in [-0.4, -0.2) is 131 Å². The van der Waals surface area contributed by atoms with Crippen molar-refractivity contribution in [2.75, 3.05) is 13.2 Å². The molecule has 2 aliphatic heterocycles. The number of fused-ring (bicyclic) bond motifs is 1. The SMILES string of the molecule is OC[C@@H]1O[C@@H](Oc2cc(O)cc3[o+]c(-c4ccc(O)c(O)c4)c(O[C@@H]4O[C@@H](CO)[C@@H](O)[C@@H](O)[C@H]4O)cc23)[C@H](O)[C@@H](O)[C@@H]1O. The summed E-state index contributed by atoms with van der Waals surface area (Å²) in [6.07, 6.45) is -16.4. The van der Waals surface area contributed by atoms with Crippen molar-refractivity contribution in [2.24, 2.45) is 0 Å². The van der Waals surface area contributed by atoms with Crippen molar-refractivity contribution in [3.05, 3.63) is 36.4 Å². The van der Waals surface area contributed by atoms with Crippen LogP contribution in [0.25, 0.3) is 22.3 Å². The minimum atomic E-state index is -1.82. The third-order valence-electron chi connectivity index (χ3n) is 7.22. The average Bonchev–Trinajstić information content (AvgIpc) is 2.98. The van der Waals surface area contributed by atoms with Gasteiger partial charge in [0.05, 0.1) is 24.8 Å². The van der Waals surface area contributed by atoms with Gasteiger partial charge in [0.15, 0.2) is 11.5 Å². The molecule has 1 aromatic heterocycles. The van der Waals surface area contributed by atoms with Crippen LogP contribution in [0.3, 0.4) is 0 Å². The van der Waals surface area contributed by atoms with Crippen LogP contribution in [0.2, 0.25) is 0 Å². The van der Waals surface area contributed by atoms with E-state index in [1.807, 2.05) is 0 Å². The van der Waals surface area contributed by atoms with Crippen molar-refractivity contribution in [1.82, 2.24) is 0 Å². The molecule has 11 N–H and O–H groups in total. The van der Waals surface area contributed by atoms with Crippen molar-refractivity contribution in [3.8, 4) is 40.1 Å². The van der Waals surface area contributed by atoms with E-state index in [1.54, 1.807) is 0 Å². The quantitative estimate of drug-likeness (QED) is 0.100. The number of aromatic hydroxyl groups is 3. The molecule has 234 valence electrons. The lowest BCUT2D eigenvalue weighted by Crippen LogP contribution is -2.60. The highest BCUT2D eigenvalue weighted by Gasteiger charge is 2.47. The van der Waals surface area contributed by atoms with Gasteiger partial charge in [-0.3, -0.25) is 0 Å². The number of aliphatic hydroxyl groups is 8. The first-order valence-electron chi connectivity index (χ1n) is 13.0. The monoisotopic (exact) mass is 611 g/mol. The summed E-state index contributed by atoms with van der Waals surface area (Å²) in [6.45, 7) is -1.46. The Kier molecular flexibility index (Phi) is 8.77. The van der Waals surface area contributed by atoms with Gasteiger partial charge in [-0.1, -0.05) is 0 Å². The fourth-order valence-electron chi connectivity index (χ4n) is 4.80. The van der Waals surface area contributed by atoms with Gasteiger partial charge in [-0.15, -0.1) is 0 Å². The molecule has 16 heteroatoms. The maximum atomic E-state index is 10.6. The smallest absolute Gasteiger partial charge is 0.402 e. The predicted octanol–water partition coefficient (Wildman–Crippen LogP) is -2.14. The highest BCUT2D eigenvalue weighted by molar-refractivity contribution is 5.89. The summed E-state index contributed by atoms with van der Waals surface area (Å²) in [4.78, 5) is 0. The summed E-state index contributed by atoms with van der Waals surface area (Å²) in [5.74, 6) is -1.96. The van der Waals surface area contributed by atoms with Crippen molar-refractivity contribution in [2.45, 2.75) is 61.4 Å². The number of phenolic OH excluding ortho intramolecular Hbond substituents is 3. The van der Waals surface area contributed by atoms with Gasteiger partial charge in [-0.2, -0.15) is 0 Å². The number of phenols is 3. The molecule has 43 heavy (non-hydrogen) atoms. The number of benzene rings is 2. The predicted molar refractivity (Wildman–Crippen MR) is 140 cm³/mol. The van der Waals surface area contributed by atoms with Crippen molar-refractivity contribution < 1.29 is 79.5 Å². The maximum Gasteiger partial charge on any atom is 0.402 e. The van der Waals surface area contributed by atoms with Crippen LogP contribution in [0.1, 0.15) is 0 Å². The Morgan fingerprint density at radius 3 is 1.72 bits per heavy atom. The average molecular weight is 612 g/mol. The molecule has 5 rings (SSSR count). The maximum absolute atomic E-state index is 10.6. The molecule has 2 aromatic carbocycles. The summed E-state index contributed by atoms with van der Waals surface area (Å²) in [7, 11) is 0. The highest BCUT2D eigenvalue weighted by atomic mass is 16.7. The molecule has 0 amide bonds. The summed E-state index contributed by atoms with van der Waals surface area (Å²) in [5, 5.41) is 111. The molecule has 0 unspecified atom stereocenters. The lowest BCUT2D eigenvalue weighted by Gasteiger charge is -2.39. The van der Waals surface area contributed by atoms with Gasteiger partial charge in [0.25, 0.3) is 0 Å². The molecule has 2 fully saturated rings. The second-order valence-corrected chi connectivity index (χ2v) is 10.1. The number of rotatable bonds is 7. The van der Waals surface area contributed by atoms with Crippen LogP contribution in [0.5, 0.6) is 28.7 Å². The second-order valence-electron chi connectivity index (χ2n) is 10.1. The Morgan fingerprint density at radius 2 is 1.19 bits per heavy atom. The molecular formula is C27H31O16+. The van der Waals surface area contributed by atoms with Crippen LogP contribution >= 0.6 is 0 Å². The molecule has 10 atom stereocenters. The number of ether oxygens (including phenoxy) is 4.